The van der Waals surface area contributed by atoms with Gasteiger partial charge in [0, 0.05) is 35.5 Å². The predicted molar refractivity (Wildman–Crippen MR) is 121 cm³/mol. The Morgan fingerprint density at radius 1 is 1.14 bits per heavy atom. The molecule has 0 saturated heterocycles. The van der Waals surface area contributed by atoms with Gasteiger partial charge in [-0.25, -0.2) is 4.98 Å². The topological polar surface area (TPSA) is 72.3 Å². The summed E-state index contributed by atoms with van der Waals surface area (Å²) in [7, 11) is 6.33. The van der Waals surface area contributed by atoms with Crippen LogP contribution in [0.15, 0.2) is 30.3 Å². The van der Waals surface area contributed by atoms with Crippen molar-refractivity contribution < 1.29 is 4.79 Å². The maximum absolute atomic E-state index is 11.5. The van der Waals surface area contributed by atoms with Crippen LogP contribution in [0.25, 0.3) is 11.3 Å². The van der Waals surface area contributed by atoms with E-state index in [1.165, 1.54) is 11.8 Å². The molecule has 0 aliphatic heterocycles. The van der Waals surface area contributed by atoms with E-state index in [1.54, 1.807) is 6.07 Å². The molecule has 0 radical (unpaired) electrons. The highest BCUT2D eigenvalue weighted by Crippen LogP contribution is 2.25. The summed E-state index contributed by atoms with van der Waals surface area (Å²) in [6, 6.07) is 10.2. The van der Waals surface area contributed by atoms with Gasteiger partial charge in [0.25, 0.3) is 0 Å². The van der Waals surface area contributed by atoms with Crippen LogP contribution in [0.2, 0.25) is 0 Å². The van der Waals surface area contributed by atoms with Crippen molar-refractivity contribution in [2.45, 2.75) is 32.9 Å². The van der Waals surface area contributed by atoms with Gasteiger partial charge in [-0.15, -0.1) is 0 Å². The Hall–Kier alpha value is -2.57. The molecule has 2 N–H and O–H groups in total. The van der Waals surface area contributed by atoms with Gasteiger partial charge in [0.05, 0.1) is 5.69 Å². The highest BCUT2D eigenvalue weighted by molar-refractivity contribution is 5.97. The highest BCUT2D eigenvalue weighted by atomic mass is 16.1. The van der Waals surface area contributed by atoms with E-state index >= 15 is 0 Å². The second kappa shape index (κ2) is 10.8. The maximum Gasteiger partial charge on any atom is 0.150 e. The van der Waals surface area contributed by atoms with Gasteiger partial charge in [-0.2, -0.15) is 0 Å². The number of nitrogens with one attached hydrogen (secondary N) is 2. The fourth-order valence-electron chi connectivity index (χ4n) is 3.18. The summed E-state index contributed by atoms with van der Waals surface area (Å²) in [6.07, 6.45) is 3.11. The first kappa shape index (κ1) is 22.7. The molecule has 0 unspecified atom stereocenters. The molecule has 1 aromatic heterocycles. The predicted octanol–water partition coefficient (Wildman–Crippen LogP) is 3.76. The van der Waals surface area contributed by atoms with Gasteiger partial charge >= 0.3 is 0 Å². The van der Waals surface area contributed by atoms with Crippen LogP contribution in [0.5, 0.6) is 0 Å². The lowest BCUT2D eigenvalue weighted by atomic mass is 10.0. The minimum Gasteiger partial charge on any atom is -0.367 e. The number of aldehydes is 1. The van der Waals surface area contributed by atoms with Crippen molar-refractivity contribution in [3.8, 4) is 11.3 Å². The Kier molecular flexibility index (Phi) is 8.49. The molecule has 6 heteroatoms. The van der Waals surface area contributed by atoms with Gasteiger partial charge in [-0.05, 0) is 66.1 Å². The molecule has 6 nitrogen and oxygen atoms in total. The summed E-state index contributed by atoms with van der Waals surface area (Å²) in [5.74, 6) is 0.569. The van der Waals surface area contributed by atoms with E-state index in [1.807, 2.05) is 26.0 Å². The molecule has 156 valence electrons. The fourth-order valence-corrected chi connectivity index (χ4v) is 3.18. The first-order valence-electron chi connectivity index (χ1n) is 10.0. The second-order valence-corrected chi connectivity index (χ2v) is 8.01. The zero-order valence-electron chi connectivity index (χ0n) is 18.2. The van der Waals surface area contributed by atoms with Crippen molar-refractivity contribution in [1.82, 2.24) is 14.8 Å². The maximum atomic E-state index is 11.5. The number of rotatable bonds is 11. The molecule has 1 heterocycles. The van der Waals surface area contributed by atoms with Gasteiger partial charge < -0.3 is 20.5 Å². The van der Waals surface area contributed by atoms with E-state index in [0.29, 0.717) is 16.9 Å². The van der Waals surface area contributed by atoms with E-state index in [4.69, 9.17) is 5.41 Å². The largest absolute Gasteiger partial charge is 0.367 e. The van der Waals surface area contributed by atoms with Crippen LogP contribution in [-0.2, 0) is 6.54 Å². The number of anilines is 1. The van der Waals surface area contributed by atoms with Gasteiger partial charge in [0.1, 0.15) is 5.82 Å². The number of benzene rings is 1. The van der Waals surface area contributed by atoms with Crippen LogP contribution >= 0.6 is 0 Å². The molecule has 0 saturated carbocycles. The lowest BCUT2D eigenvalue weighted by Gasteiger charge is -2.18. The fraction of sp³-hybridized carbons (Fsp3) is 0.435. The van der Waals surface area contributed by atoms with Crippen LogP contribution < -0.4 is 5.32 Å². The zero-order chi connectivity index (χ0) is 21.4. The molecule has 1 aromatic carbocycles. The van der Waals surface area contributed by atoms with Crippen molar-refractivity contribution in [2.24, 2.45) is 0 Å². The minimum atomic E-state index is 0.154. The molecule has 2 aromatic rings. The van der Waals surface area contributed by atoms with Crippen LogP contribution in [0, 0.1) is 5.41 Å². The molecular weight excluding hydrogens is 362 g/mol. The Morgan fingerprint density at radius 2 is 1.83 bits per heavy atom. The van der Waals surface area contributed by atoms with E-state index in [2.05, 4.69) is 53.4 Å². The van der Waals surface area contributed by atoms with Gasteiger partial charge in [0.2, 0.25) is 0 Å². The lowest BCUT2D eigenvalue weighted by Crippen LogP contribution is -2.23. The Balaban J connectivity index is 2.18. The minimum absolute atomic E-state index is 0.154. The molecule has 0 amide bonds. The Labute approximate surface area is 174 Å². The first-order chi connectivity index (χ1) is 13.8. The van der Waals surface area contributed by atoms with E-state index in [-0.39, 0.29) is 6.04 Å². The highest BCUT2D eigenvalue weighted by Gasteiger charge is 2.13. The number of carbonyl (C=O) groups is 1. The van der Waals surface area contributed by atoms with Crippen molar-refractivity contribution in [1.29, 1.82) is 5.41 Å². The molecule has 0 spiro atoms. The van der Waals surface area contributed by atoms with Crippen molar-refractivity contribution in [3.05, 3.63) is 47.0 Å². The summed E-state index contributed by atoms with van der Waals surface area (Å²) < 4.78 is 0. The molecule has 2 rings (SSSR count). The summed E-state index contributed by atoms with van der Waals surface area (Å²) in [5, 5.41) is 10.9. The molecule has 0 atom stereocenters. The SMILES string of the molecule is CC(C)Nc1nc(-c2ccc(CN(C)CCCN(C)C)cc2)cc(C=O)c1C=N. The average molecular weight is 396 g/mol. The van der Waals surface area contributed by atoms with Gasteiger partial charge in [0.15, 0.2) is 6.29 Å². The number of hydrogen-bond acceptors (Lipinski definition) is 6. The smallest absolute Gasteiger partial charge is 0.150 e. The second-order valence-electron chi connectivity index (χ2n) is 8.01. The normalized spacial score (nSPS) is 11.3. The third-order valence-electron chi connectivity index (χ3n) is 4.63. The Bertz CT molecular complexity index is 815. The third kappa shape index (κ3) is 6.76. The number of carbonyl (C=O) groups excluding carboxylic acids is 1. The summed E-state index contributed by atoms with van der Waals surface area (Å²) >= 11 is 0. The van der Waals surface area contributed by atoms with Crippen molar-refractivity contribution in [2.75, 3.05) is 39.5 Å². The quantitative estimate of drug-likeness (QED) is 0.448. The molecule has 0 aliphatic rings. The van der Waals surface area contributed by atoms with Gasteiger partial charge in [-0.1, -0.05) is 24.3 Å². The molecule has 0 aliphatic carbocycles. The summed E-state index contributed by atoms with van der Waals surface area (Å²) in [5.41, 5.74) is 3.92. The molecular formula is C23H33N5O. The van der Waals surface area contributed by atoms with E-state index < -0.39 is 0 Å². The standard InChI is InChI=1S/C23H33N5O/c1-17(2)25-23-21(14-24)20(16-29)13-22(26-23)19-9-7-18(8-10-19)15-28(5)12-6-11-27(3)4/h7-10,13-14,16-17,24H,6,11-12,15H2,1-5H3,(H,25,26). The number of aromatic nitrogens is 1. The van der Waals surface area contributed by atoms with Crippen molar-refractivity contribution in [3.63, 3.8) is 0 Å². The monoisotopic (exact) mass is 395 g/mol. The van der Waals surface area contributed by atoms with Crippen molar-refractivity contribution >= 4 is 18.3 Å². The van der Waals surface area contributed by atoms with Crippen LogP contribution in [0.3, 0.4) is 0 Å². The van der Waals surface area contributed by atoms with Crippen LogP contribution in [-0.4, -0.2) is 67.6 Å². The molecule has 0 bridgehead atoms. The Morgan fingerprint density at radius 3 is 2.38 bits per heavy atom. The van der Waals surface area contributed by atoms with E-state index in [9.17, 15) is 4.79 Å². The van der Waals surface area contributed by atoms with E-state index in [0.717, 1.165) is 43.6 Å². The lowest BCUT2D eigenvalue weighted by molar-refractivity contribution is 0.112. The molecule has 29 heavy (non-hydrogen) atoms. The van der Waals surface area contributed by atoms with Crippen LogP contribution in [0.4, 0.5) is 5.82 Å². The first-order valence-corrected chi connectivity index (χ1v) is 10.0. The van der Waals surface area contributed by atoms with Gasteiger partial charge in [-0.3, -0.25) is 4.79 Å². The number of hydrogen-bond donors (Lipinski definition) is 2. The third-order valence-corrected chi connectivity index (χ3v) is 4.63. The number of pyridine rings is 1. The number of nitrogens with zero attached hydrogens (tertiary/aromatic N) is 3. The average Bonchev–Trinajstić information content (AvgIpc) is 2.67. The summed E-state index contributed by atoms with van der Waals surface area (Å²) in [6.45, 7) is 7.05. The summed E-state index contributed by atoms with van der Waals surface area (Å²) in [4.78, 5) is 20.7. The molecule has 0 fully saturated rings. The zero-order valence-corrected chi connectivity index (χ0v) is 18.2. The van der Waals surface area contributed by atoms with Crippen LogP contribution in [0.1, 0.15) is 41.8 Å².